The zero-order valence-corrected chi connectivity index (χ0v) is 15.1. The molecule has 102 valence electrons. The Morgan fingerprint density at radius 3 is 2.78 bits per heavy atom. The van der Waals surface area contributed by atoms with Gasteiger partial charge < -0.3 is 10.6 Å². The summed E-state index contributed by atoms with van der Waals surface area (Å²) in [6.07, 6.45) is 2.73. The maximum Gasteiger partial charge on any atom is 0.191 e. The Kier molecular flexibility index (Phi) is 7.55. The highest BCUT2D eigenvalue weighted by Crippen LogP contribution is 2.27. The van der Waals surface area contributed by atoms with Gasteiger partial charge in [0.15, 0.2) is 5.96 Å². The first kappa shape index (κ1) is 16.2. The maximum absolute atomic E-state index is 4.58. The van der Waals surface area contributed by atoms with Crippen LogP contribution in [0.1, 0.15) is 24.6 Å². The van der Waals surface area contributed by atoms with Crippen LogP contribution in [0.15, 0.2) is 20.9 Å². The van der Waals surface area contributed by atoms with Crippen molar-refractivity contribution in [2.24, 2.45) is 10.9 Å². The van der Waals surface area contributed by atoms with Crippen LogP contribution < -0.4 is 10.6 Å². The fraction of sp³-hybridized carbons (Fsp3) is 0.583. The molecule has 0 spiro atoms. The molecule has 2 rings (SSSR count). The van der Waals surface area contributed by atoms with Gasteiger partial charge in [0.1, 0.15) is 0 Å². The fourth-order valence-electron chi connectivity index (χ4n) is 1.50. The number of guanidine groups is 1. The molecule has 0 aromatic carbocycles. The number of aliphatic imine (C=N–C) groups is 1. The largest absolute Gasteiger partial charge is 0.357 e. The van der Waals surface area contributed by atoms with Gasteiger partial charge in [0.2, 0.25) is 0 Å². The molecule has 1 aliphatic carbocycles. The lowest BCUT2D eigenvalue weighted by Gasteiger charge is -2.10. The molecule has 1 aromatic heterocycles. The summed E-state index contributed by atoms with van der Waals surface area (Å²) in [5.41, 5.74) is 0. The van der Waals surface area contributed by atoms with Crippen LogP contribution in [0.3, 0.4) is 0 Å². The number of nitrogens with one attached hydrogen (secondary N) is 2. The van der Waals surface area contributed by atoms with Crippen LogP contribution in [-0.2, 0) is 6.54 Å². The Hall–Kier alpha value is 0.180. The number of halogens is 2. The van der Waals surface area contributed by atoms with Crippen LogP contribution in [0.4, 0.5) is 0 Å². The van der Waals surface area contributed by atoms with Crippen LogP contribution in [0, 0.1) is 5.92 Å². The zero-order chi connectivity index (χ0) is 12.1. The van der Waals surface area contributed by atoms with Crippen molar-refractivity contribution in [2.45, 2.75) is 26.3 Å². The standard InChI is InChI=1S/C12H18BrN3S.HI/c1-2-14-12(15-7-9-3-4-9)16-8-10-5-6-11(13)17-10;/h5-6,9H,2-4,7-8H2,1H3,(H2,14,15,16);1H. The van der Waals surface area contributed by atoms with Crippen LogP contribution in [0.5, 0.6) is 0 Å². The van der Waals surface area contributed by atoms with Gasteiger partial charge in [0.25, 0.3) is 0 Å². The molecule has 18 heavy (non-hydrogen) atoms. The predicted molar refractivity (Wildman–Crippen MR) is 93.0 cm³/mol. The fourth-order valence-corrected chi connectivity index (χ4v) is 2.91. The van der Waals surface area contributed by atoms with E-state index in [0.717, 1.165) is 31.5 Å². The third-order valence-electron chi connectivity index (χ3n) is 2.62. The first-order chi connectivity index (χ1) is 8.28. The van der Waals surface area contributed by atoms with E-state index < -0.39 is 0 Å². The SMILES string of the molecule is CCNC(=NCc1ccc(Br)s1)NCC1CC1.I. The highest BCUT2D eigenvalue weighted by Gasteiger charge is 2.20. The summed E-state index contributed by atoms with van der Waals surface area (Å²) in [6, 6.07) is 4.18. The summed E-state index contributed by atoms with van der Waals surface area (Å²) in [6.45, 7) is 4.80. The Bertz CT molecular complexity index is 390. The molecule has 3 nitrogen and oxygen atoms in total. The maximum atomic E-state index is 4.58. The highest BCUT2D eigenvalue weighted by molar-refractivity contribution is 14.0. The molecule has 0 atom stereocenters. The summed E-state index contributed by atoms with van der Waals surface area (Å²) in [4.78, 5) is 5.86. The van der Waals surface area contributed by atoms with E-state index in [1.165, 1.54) is 21.5 Å². The van der Waals surface area contributed by atoms with Crippen LogP contribution in [0.2, 0.25) is 0 Å². The average Bonchev–Trinajstić information content (AvgIpc) is 3.05. The average molecular weight is 444 g/mol. The zero-order valence-electron chi connectivity index (χ0n) is 10.4. The number of hydrogen-bond acceptors (Lipinski definition) is 2. The van der Waals surface area contributed by atoms with Crippen molar-refractivity contribution in [3.63, 3.8) is 0 Å². The summed E-state index contributed by atoms with van der Waals surface area (Å²) in [7, 11) is 0. The van der Waals surface area contributed by atoms with Gasteiger partial charge >= 0.3 is 0 Å². The van der Waals surface area contributed by atoms with Gasteiger partial charge in [0, 0.05) is 18.0 Å². The van der Waals surface area contributed by atoms with Crippen molar-refractivity contribution in [1.29, 1.82) is 0 Å². The molecule has 0 radical (unpaired) electrons. The van der Waals surface area contributed by atoms with Crippen molar-refractivity contribution in [3.05, 3.63) is 20.8 Å². The molecule has 1 fully saturated rings. The molecule has 1 heterocycles. The Balaban J connectivity index is 0.00000162. The van der Waals surface area contributed by atoms with Crippen LogP contribution in [-0.4, -0.2) is 19.0 Å². The van der Waals surface area contributed by atoms with Gasteiger partial charge in [-0.05, 0) is 53.7 Å². The number of nitrogens with zero attached hydrogens (tertiary/aromatic N) is 1. The Morgan fingerprint density at radius 2 is 2.22 bits per heavy atom. The summed E-state index contributed by atoms with van der Waals surface area (Å²) < 4.78 is 1.17. The van der Waals surface area contributed by atoms with E-state index in [2.05, 4.69) is 50.6 Å². The van der Waals surface area contributed by atoms with Crippen LogP contribution in [0.25, 0.3) is 0 Å². The molecule has 2 N–H and O–H groups in total. The summed E-state index contributed by atoms with van der Waals surface area (Å²) >= 11 is 5.21. The number of hydrogen-bond donors (Lipinski definition) is 2. The van der Waals surface area contributed by atoms with E-state index in [1.807, 2.05) is 0 Å². The van der Waals surface area contributed by atoms with Crippen molar-refractivity contribution in [2.75, 3.05) is 13.1 Å². The Labute approximate surface area is 138 Å². The van der Waals surface area contributed by atoms with Crippen molar-refractivity contribution in [3.8, 4) is 0 Å². The van der Waals surface area contributed by atoms with Crippen molar-refractivity contribution >= 4 is 57.2 Å². The molecule has 6 heteroatoms. The lowest BCUT2D eigenvalue weighted by Crippen LogP contribution is -2.38. The molecule has 0 amide bonds. The third-order valence-corrected chi connectivity index (χ3v) is 4.23. The van der Waals surface area contributed by atoms with Gasteiger partial charge in [-0.1, -0.05) is 0 Å². The smallest absolute Gasteiger partial charge is 0.191 e. The van der Waals surface area contributed by atoms with E-state index in [-0.39, 0.29) is 24.0 Å². The molecule has 0 aliphatic heterocycles. The van der Waals surface area contributed by atoms with Crippen molar-refractivity contribution < 1.29 is 0 Å². The molecule has 0 bridgehead atoms. The minimum atomic E-state index is 0. The topological polar surface area (TPSA) is 36.4 Å². The second-order valence-electron chi connectivity index (χ2n) is 4.23. The Morgan fingerprint density at radius 1 is 1.44 bits per heavy atom. The summed E-state index contributed by atoms with van der Waals surface area (Å²) in [5.74, 6) is 1.80. The lowest BCUT2D eigenvalue weighted by atomic mass is 10.4. The normalized spacial score (nSPS) is 15.1. The molecular weight excluding hydrogens is 425 g/mol. The van der Waals surface area contributed by atoms with Crippen molar-refractivity contribution in [1.82, 2.24) is 10.6 Å². The minimum Gasteiger partial charge on any atom is -0.357 e. The monoisotopic (exact) mass is 443 g/mol. The third kappa shape index (κ3) is 5.88. The second-order valence-corrected chi connectivity index (χ2v) is 6.77. The minimum absolute atomic E-state index is 0. The summed E-state index contributed by atoms with van der Waals surface area (Å²) in [5, 5.41) is 6.67. The van der Waals surface area contributed by atoms with Gasteiger partial charge in [-0.15, -0.1) is 35.3 Å². The molecule has 1 aromatic rings. The van der Waals surface area contributed by atoms with Gasteiger partial charge in [-0.25, -0.2) is 4.99 Å². The molecule has 1 saturated carbocycles. The highest BCUT2D eigenvalue weighted by atomic mass is 127. The number of rotatable bonds is 5. The molecule has 0 saturated heterocycles. The van der Waals surface area contributed by atoms with Gasteiger partial charge in [0.05, 0.1) is 10.3 Å². The van der Waals surface area contributed by atoms with E-state index >= 15 is 0 Å². The van der Waals surface area contributed by atoms with Crippen LogP contribution >= 0.6 is 51.2 Å². The first-order valence-electron chi connectivity index (χ1n) is 6.04. The van der Waals surface area contributed by atoms with Gasteiger partial charge in [-0.2, -0.15) is 0 Å². The van der Waals surface area contributed by atoms with E-state index in [9.17, 15) is 0 Å². The van der Waals surface area contributed by atoms with E-state index in [1.54, 1.807) is 11.3 Å². The van der Waals surface area contributed by atoms with Gasteiger partial charge in [-0.3, -0.25) is 0 Å². The first-order valence-corrected chi connectivity index (χ1v) is 7.65. The predicted octanol–water partition coefficient (Wildman–Crippen LogP) is 3.59. The second kappa shape index (κ2) is 8.37. The molecule has 1 aliphatic rings. The number of thiophene rings is 1. The lowest BCUT2D eigenvalue weighted by molar-refractivity contribution is 0.740. The van der Waals surface area contributed by atoms with E-state index in [0.29, 0.717) is 0 Å². The molecular formula is C12H19BrIN3S. The molecule has 0 unspecified atom stereocenters. The quantitative estimate of drug-likeness (QED) is 0.414. The van der Waals surface area contributed by atoms with E-state index in [4.69, 9.17) is 0 Å².